The van der Waals surface area contributed by atoms with Crippen LogP contribution in [0.4, 0.5) is 0 Å². The molecule has 2 N–H and O–H groups in total. The number of likely N-dealkylation sites (tertiary alicyclic amines) is 1. The van der Waals surface area contributed by atoms with E-state index >= 15 is 0 Å². The fourth-order valence-corrected chi connectivity index (χ4v) is 5.10. The maximum atomic E-state index is 12.4. The van der Waals surface area contributed by atoms with E-state index in [0.29, 0.717) is 25.4 Å². The van der Waals surface area contributed by atoms with Crippen LogP contribution in [-0.4, -0.2) is 45.7 Å². The second-order valence-electron chi connectivity index (χ2n) is 8.05. The molecule has 0 radical (unpaired) electrons. The van der Waals surface area contributed by atoms with Crippen LogP contribution in [-0.2, 0) is 11.3 Å². The molecule has 3 atom stereocenters. The second kappa shape index (κ2) is 6.77. The smallest absolute Gasteiger partial charge is 0.325 e. The topological polar surface area (TPSA) is 87.6 Å². The molecular formula is C22H23N3O4. The van der Waals surface area contributed by atoms with Crippen molar-refractivity contribution in [2.24, 2.45) is 5.92 Å². The fraction of sp³-hybridized carbons (Fsp3) is 0.364. The molecule has 1 saturated heterocycles. The third-order valence-corrected chi connectivity index (χ3v) is 6.32. The number of rotatable bonds is 4. The molecule has 2 aliphatic rings. The van der Waals surface area contributed by atoms with Gasteiger partial charge in [0.05, 0.1) is 7.11 Å². The summed E-state index contributed by atoms with van der Waals surface area (Å²) in [5.74, 6) is 0.270. The van der Waals surface area contributed by atoms with Gasteiger partial charge in [0.15, 0.2) is 0 Å². The number of aromatic nitrogens is 2. The standard InChI is InChI=1S/C22H23N3O4/c1-29-15-5-6-18-16(8-15)17(9-23-18)21(22(27)28)24-10-13-7-14(12-24)19-3-2-4-20(26)25(19)11-13/h2-6,8-9,13-14,21,23H,7,10-12H2,1H3,(H,27,28). The molecule has 4 heterocycles. The summed E-state index contributed by atoms with van der Waals surface area (Å²) in [5, 5.41) is 11.0. The minimum absolute atomic E-state index is 0.0316. The van der Waals surface area contributed by atoms with Gasteiger partial charge in [-0.15, -0.1) is 0 Å². The summed E-state index contributed by atoms with van der Waals surface area (Å²) < 4.78 is 7.20. The lowest BCUT2D eigenvalue weighted by Gasteiger charge is -2.44. The van der Waals surface area contributed by atoms with Crippen molar-refractivity contribution in [3.63, 3.8) is 0 Å². The molecule has 29 heavy (non-hydrogen) atoms. The lowest BCUT2D eigenvalue weighted by molar-refractivity contribution is -0.144. The third kappa shape index (κ3) is 2.93. The van der Waals surface area contributed by atoms with Crippen molar-refractivity contribution >= 4 is 16.9 Å². The summed E-state index contributed by atoms with van der Waals surface area (Å²) >= 11 is 0. The summed E-state index contributed by atoms with van der Waals surface area (Å²) in [5.41, 5.74) is 2.69. The van der Waals surface area contributed by atoms with Crippen molar-refractivity contribution in [2.75, 3.05) is 20.2 Å². The average Bonchev–Trinajstić information content (AvgIpc) is 3.11. The Kier molecular flexibility index (Phi) is 4.20. The van der Waals surface area contributed by atoms with Gasteiger partial charge < -0.3 is 19.4 Å². The number of methoxy groups -OCH3 is 1. The predicted molar refractivity (Wildman–Crippen MR) is 108 cm³/mol. The molecule has 5 rings (SSSR count). The molecule has 3 aromatic rings. The quantitative estimate of drug-likeness (QED) is 0.711. The zero-order valence-electron chi connectivity index (χ0n) is 16.2. The van der Waals surface area contributed by atoms with Gasteiger partial charge in [-0.25, -0.2) is 0 Å². The van der Waals surface area contributed by atoms with Gasteiger partial charge in [0.25, 0.3) is 5.56 Å². The number of nitrogens with one attached hydrogen (secondary N) is 1. The first-order valence-corrected chi connectivity index (χ1v) is 9.86. The number of carbonyl (C=O) groups is 1. The van der Waals surface area contributed by atoms with Gasteiger partial charge in [-0.3, -0.25) is 14.5 Å². The van der Waals surface area contributed by atoms with E-state index in [-0.39, 0.29) is 17.4 Å². The van der Waals surface area contributed by atoms with Gasteiger partial charge in [-0.2, -0.15) is 0 Å². The first kappa shape index (κ1) is 18.0. The Morgan fingerprint density at radius 1 is 1.24 bits per heavy atom. The molecule has 0 aliphatic carbocycles. The predicted octanol–water partition coefficient (Wildman–Crippen LogP) is 2.58. The van der Waals surface area contributed by atoms with Crippen molar-refractivity contribution in [2.45, 2.75) is 24.9 Å². The van der Waals surface area contributed by atoms with Crippen LogP contribution in [0.15, 0.2) is 47.4 Å². The number of ether oxygens (including phenoxy) is 1. The van der Waals surface area contributed by atoms with Crippen LogP contribution in [0.25, 0.3) is 10.9 Å². The van der Waals surface area contributed by atoms with Crippen LogP contribution in [0.3, 0.4) is 0 Å². The lowest BCUT2D eigenvalue weighted by Crippen LogP contribution is -2.49. The van der Waals surface area contributed by atoms with Crippen LogP contribution < -0.4 is 10.3 Å². The van der Waals surface area contributed by atoms with Crippen molar-refractivity contribution in [3.05, 3.63) is 64.2 Å². The van der Waals surface area contributed by atoms with Crippen LogP contribution in [0.2, 0.25) is 0 Å². The van der Waals surface area contributed by atoms with Crippen LogP contribution in [0, 0.1) is 5.92 Å². The molecule has 1 aromatic carbocycles. The first-order valence-electron chi connectivity index (χ1n) is 9.86. The van der Waals surface area contributed by atoms with E-state index in [1.807, 2.05) is 28.8 Å². The summed E-state index contributed by atoms with van der Waals surface area (Å²) in [6.07, 6.45) is 2.79. The van der Waals surface area contributed by atoms with Gasteiger partial charge in [0, 0.05) is 60.0 Å². The summed E-state index contributed by atoms with van der Waals surface area (Å²) in [6.45, 7) is 1.93. The Bertz CT molecular complexity index is 1150. The summed E-state index contributed by atoms with van der Waals surface area (Å²) in [6, 6.07) is 10.3. The number of aromatic amines is 1. The Morgan fingerprint density at radius 2 is 2.10 bits per heavy atom. The number of nitrogens with zero attached hydrogens (tertiary/aromatic N) is 2. The summed E-state index contributed by atoms with van der Waals surface area (Å²) in [4.78, 5) is 29.9. The minimum Gasteiger partial charge on any atom is -0.497 e. The van der Waals surface area contributed by atoms with E-state index in [2.05, 4.69) is 9.88 Å². The zero-order chi connectivity index (χ0) is 20.1. The highest BCUT2D eigenvalue weighted by atomic mass is 16.5. The molecular weight excluding hydrogens is 370 g/mol. The normalized spacial score (nSPS) is 22.2. The maximum absolute atomic E-state index is 12.4. The zero-order valence-corrected chi connectivity index (χ0v) is 16.2. The number of aliphatic carboxylic acids is 1. The maximum Gasteiger partial charge on any atom is 0.325 e. The van der Waals surface area contributed by atoms with Gasteiger partial charge in [0.2, 0.25) is 0 Å². The van der Waals surface area contributed by atoms with E-state index in [1.54, 1.807) is 25.4 Å². The van der Waals surface area contributed by atoms with E-state index in [9.17, 15) is 14.7 Å². The Morgan fingerprint density at radius 3 is 2.90 bits per heavy atom. The van der Waals surface area contributed by atoms with Gasteiger partial charge in [-0.05, 0) is 36.6 Å². The van der Waals surface area contributed by atoms with Crippen LogP contribution in [0.1, 0.15) is 29.6 Å². The highest BCUT2D eigenvalue weighted by molar-refractivity contribution is 5.90. The lowest BCUT2D eigenvalue weighted by atomic mass is 9.82. The minimum atomic E-state index is -0.862. The highest BCUT2D eigenvalue weighted by Gasteiger charge is 2.40. The number of pyridine rings is 1. The van der Waals surface area contributed by atoms with E-state index < -0.39 is 12.0 Å². The molecule has 7 nitrogen and oxygen atoms in total. The first-order chi connectivity index (χ1) is 14.0. The molecule has 1 fully saturated rings. The van der Waals surface area contributed by atoms with E-state index in [0.717, 1.165) is 28.6 Å². The molecule has 150 valence electrons. The third-order valence-electron chi connectivity index (χ3n) is 6.32. The number of piperidine rings is 1. The highest BCUT2D eigenvalue weighted by Crippen LogP contribution is 2.40. The Labute approximate surface area is 167 Å². The number of fused-ring (bicyclic) bond motifs is 5. The molecule has 3 unspecified atom stereocenters. The molecule has 2 aromatic heterocycles. The number of benzene rings is 1. The van der Waals surface area contributed by atoms with Gasteiger partial charge >= 0.3 is 5.97 Å². The molecule has 0 amide bonds. The van der Waals surface area contributed by atoms with E-state index in [4.69, 9.17) is 4.74 Å². The average molecular weight is 393 g/mol. The molecule has 2 bridgehead atoms. The van der Waals surface area contributed by atoms with Crippen molar-refractivity contribution in [1.82, 2.24) is 14.5 Å². The number of hydrogen-bond acceptors (Lipinski definition) is 4. The molecule has 0 saturated carbocycles. The van der Waals surface area contributed by atoms with Crippen molar-refractivity contribution in [3.8, 4) is 5.75 Å². The van der Waals surface area contributed by atoms with Gasteiger partial charge in [-0.1, -0.05) is 6.07 Å². The van der Waals surface area contributed by atoms with Crippen molar-refractivity contribution in [1.29, 1.82) is 0 Å². The Balaban J connectivity index is 1.54. The van der Waals surface area contributed by atoms with Crippen LogP contribution in [0.5, 0.6) is 5.75 Å². The molecule has 0 spiro atoms. The second-order valence-corrected chi connectivity index (χ2v) is 8.05. The van der Waals surface area contributed by atoms with Crippen LogP contribution >= 0.6 is 0 Å². The number of carboxylic acid groups (broad SMARTS) is 1. The van der Waals surface area contributed by atoms with Crippen molar-refractivity contribution < 1.29 is 14.6 Å². The number of H-pyrrole nitrogens is 1. The SMILES string of the molecule is COc1ccc2[nH]cc(C(C(=O)O)N3CC4CC(C3)c3cccc(=O)n3C4)c2c1. The molecule has 7 heteroatoms. The Hall–Kier alpha value is -3.06. The monoisotopic (exact) mass is 393 g/mol. The van der Waals surface area contributed by atoms with E-state index in [1.165, 1.54) is 0 Å². The summed E-state index contributed by atoms with van der Waals surface area (Å²) in [7, 11) is 1.60. The van der Waals surface area contributed by atoms with Gasteiger partial charge in [0.1, 0.15) is 11.8 Å². The molecule has 2 aliphatic heterocycles. The fourth-order valence-electron chi connectivity index (χ4n) is 5.10. The number of hydrogen-bond donors (Lipinski definition) is 2. The largest absolute Gasteiger partial charge is 0.497 e. The number of carboxylic acids is 1.